The van der Waals surface area contributed by atoms with Gasteiger partial charge in [-0.3, -0.25) is 9.59 Å². The van der Waals surface area contributed by atoms with Gasteiger partial charge in [-0.25, -0.2) is 4.79 Å². The molecule has 1 aromatic carbocycles. The van der Waals surface area contributed by atoms with Gasteiger partial charge in [-0.15, -0.1) is 0 Å². The van der Waals surface area contributed by atoms with Gasteiger partial charge in [0, 0.05) is 30.7 Å². The Morgan fingerprint density at radius 3 is 2.03 bits per heavy atom. The third kappa shape index (κ3) is 6.75. The summed E-state index contributed by atoms with van der Waals surface area (Å²) in [5, 5.41) is 8.91. The van der Waals surface area contributed by atoms with Crippen LogP contribution in [0.1, 0.15) is 57.8 Å². The summed E-state index contributed by atoms with van der Waals surface area (Å²) in [4.78, 5) is 39.9. The Kier molecular flexibility index (Phi) is 8.69. The number of urea groups is 1. The van der Waals surface area contributed by atoms with Crippen molar-refractivity contribution in [1.82, 2.24) is 20.9 Å². The summed E-state index contributed by atoms with van der Waals surface area (Å²) in [7, 11) is 0. The summed E-state index contributed by atoms with van der Waals surface area (Å²) in [6.45, 7) is 11.1. The van der Waals surface area contributed by atoms with Crippen molar-refractivity contribution >= 4 is 17.8 Å². The van der Waals surface area contributed by atoms with Crippen LogP contribution in [0.2, 0.25) is 0 Å². The Hall–Kier alpha value is -2.57. The first-order valence-electron chi connectivity index (χ1n) is 10.9. The fraction of sp³-hybridized carbons (Fsp3) is 0.609. The van der Waals surface area contributed by atoms with Crippen LogP contribution in [0.4, 0.5) is 4.79 Å². The van der Waals surface area contributed by atoms with Crippen LogP contribution in [0.3, 0.4) is 0 Å². The summed E-state index contributed by atoms with van der Waals surface area (Å²) in [5.74, 6) is -0.153. The fourth-order valence-corrected chi connectivity index (χ4v) is 3.47. The van der Waals surface area contributed by atoms with Crippen LogP contribution < -0.4 is 16.0 Å². The largest absolute Gasteiger partial charge is 0.352 e. The van der Waals surface area contributed by atoms with Gasteiger partial charge in [-0.1, -0.05) is 32.0 Å². The van der Waals surface area contributed by atoms with E-state index in [0.29, 0.717) is 37.4 Å². The predicted molar refractivity (Wildman–Crippen MR) is 118 cm³/mol. The Morgan fingerprint density at radius 1 is 0.900 bits per heavy atom. The normalized spacial score (nSPS) is 16.8. The molecule has 1 aliphatic rings. The van der Waals surface area contributed by atoms with Gasteiger partial charge in [-0.05, 0) is 57.6 Å². The van der Waals surface area contributed by atoms with Crippen molar-refractivity contribution < 1.29 is 14.4 Å². The molecule has 4 amide bonds. The Balaban J connectivity index is 2.08. The number of benzene rings is 1. The maximum Gasteiger partial charge on any atom is 0.317 e. The summed E-state index contributed by atoms with van der Waals surface area (Å²) >= 11 is 0. The molecule has 0 radical (unpaired) electrons. The highest BCUT2D eigenvalue weighted by molar-refractivity contribution is 5.97. The molecule has 0 bridgehead atoms. The minimum Gasteiger partial charge on any atom is -0.352 e. The quantitative estimate of drug-likeness (QED) is 0.638. The molecule has 166 valence electrons. The number of nitrogens with zero attached hydrogens (tertiary/aromatic N) is 1. The van der Waals surface area contributed by atoms with E-state index >= 15 is 0 Å². The molecular weight excluding hydrogens is 380 g/mol. The van der Waals surface area contributed by atoms with E-state index < -0.39 is 6.04 Å². The van der Waals surface area contributed by atoms with Crippen LogP contribution in [0.25, 0.3) is 0 Å². The highest BCUT2D eigenvalue weighted by Gasteiger charge is 2.34. The zero-order chi connectivity index (χ0) is 22.3. The Labute approximate surface area is 180 Å². The lowest BCUT2D eigenvalue weighted by molar-refractivity contribution is -0.125. The molecule has 2 unspecified atom stereocenters. The van der Waals surface area contributed by atoms with Crippen LogP contribution in [0.5, 0.6) is 0 Å². The molecule has 1 heterocycles. The Bertz CT molecular complexity index is 712. The van der Waals surface area contributed by atoms with E-state index in [1.807, 2.05) is 40.7 Å². The smallest absolute Gasteiger partial charge is 0.317 e. The number of nitrogens with one attached hydrogen (secondary N) is 3. The average Bonchev–Trinajstić information content (AvgIpc) is 2.71. The second-order valence-corrected chi connectivity index (χ2v) is 8.79. The van der Waals surface area contributed by atoms with Crippen molar-refractivity contribution in [2.24, 2.45) is 11.8 Å². The zero-order valence-corrected chi connectivity index (χ0v) is 18.8. The summed E-state index contributed by atoms with van der Waals surface area (Å²) in [6.07, 6.45) is 1.32. The van der Waals surface area contributed by atoms with Crippen LogP contribution in [-0.2, 0) is 4.79 Å². The lowest BCUT2D eigenvalue weighted by Gasteiger charge is -2.36. The standard InChI is InChI=1S/C23H36N4O3/c1-15(2)17(5)25-22(29)20(26-21(28)19-9-7-6-8-10-19)18-11-13-27(14-12-18)23(30)24-16(3)4/h6-10,15-18,20H,11-14H2,1-5H3,(H,24,30)(H,25,29)(H,26,28). The van der Waals surface area contributed by atoms with E-state index in [-0.39, 0.29) is 35.8 Å². The van der Waals surface area contributed by atoms with Crippen molar-refractivity contribution in [1.29, 1.82) is 0 Å². The minimum atomic E-state index is -0.630. The van der Waals surface area contributed by atoms with Gasteiger partial charge in [0.1, 0.15) is 6.04 Å². The lowest BCUT2D eigenvalue weighted by atomic mass is 9.88. The zero-order valence-electron chi connectivity index (χ0n) is 18.8. The van der Waals surface area contributed by atoms with E-state index in [2.05, 4.69) is 16.0 Å². The van der Waals surface area contributed by atoms with Crippen molar-refractivity contribution in [3.05, 3.63) is 35.9 Å². The number of hydrogen-bond donors (Lipinski definition) is 3. The molecule has 2 rings (SSSR count). The van der Waals surface area contributed by atoms with E-state index in [1.165, 1.54) is 0 Å². The van der Waals surface area contributed by atoms with Crippen molar-refractivity contribution in [3.63, 3.8) is 0 Å². The third-order valence-electron chi connectivity index (χ3n) is 5.69. The number of hydrogen-bond acceptors (Lipinski definition) is 3. The number of amides is 4. The molecule has 0 aromatic heterocycles. The van der Waals surface area contributed by atoms with Crippen LogP contribution in [0, 0.1) is 11.8 Å². The van der Waals surface area contributed by atoms with Crippen molar-refractivity contribution in [3.8, 4) is 0 Å². The van der Waals surface area contributed by atoms with Gasteiger partial charge < -0.3 is 20.9 Å². The molecule has 0 spiro atoms. The molecule has 7 nitrogen and oxygen atoms in total. The molecule has 1 aliphatic heterocycles. The molecule has 0 aliphatic carbocycles. The molecule has 1 saturated heterocycles. The fourth-order valence-electron chi connectivity index (χ4n) is 3.47. The Morgan fingerprint density at radius 2 is 1.50 bits per heavy atom. The predicted octanol–water partition coefficient (Wildman–Crippen LogP) is 2.78. The topological polar surface area (TPSA) is 90.5 Å². The van der Waals surface area contributed by atoms with Gasteiger partial charge in [0.2, 0.25) is 5.91 Å². The van der Waals surface area contributed by atoms with Crippen molar-refractivity contribution in [2.45, 2.75) is 65.6 Å². The number of likely N-dealkylation sites (tertiary alicyclic amines) is 1. The first kappa shape index (κ1) is 23.7. The van der Waals surface area contributed by atoms with Crippen LogP contribution >= 0.6 is 0 Å². The number of rotatable bonds is 7. The maximum atomic E-state index is 13.1. The van der Waals surface area contributed by atoms with Gasteiger partial charge in [-0.2, -0.15) is 0 Å². The van der Waals surface area contributed by atoms with E-state index in [0.717, 1.165) is 0 Å². The summed E-state index contributed by atoms with van der Waals surface area (Å²) in [6, 6.07) is 8.30. The molecule has 1 fully saturated rings. The summed E-state index contributed by atoms with van der Waals surface area (Å²) in [5.41, 5.74) is 0.529. The molecule has 3 N–H and O–H groups in total. The highest BCUT2D eigenvalue weighted by atomic mass is 16.2. The highest BCUT2D eigenvalue weighted by Crippen LogP contribution is 2.22. The second-order valence-electron chi connectivity index (χ2n) is 8.79. The van der Waals surface area contributed by atoms with Crippen molar-refractivity contribution in [2.75, 3.05) is 13.1 Å². The van der Waals surface area contributed by atoms with E-state index in [1.54, 1.807) is 29.2 Å². The maximum absolute atomic E-state index is 13.1. The van der Waals surface area contributed by atoms with Gasteiger partial charge in [0.15, 0.2) is 0 Å². The molecule has 7 heteroatoms. The number of carbonyl (C=O) groups is 3. The van der Waals surface area contributed by atoms with Gasteiger partial charge in [0.25, 0.3) is 5.91 Å². The van der Waals surface area contributed by atoms with Crippen LogP contribution in [0.15, 0.2) is 30.3 Å². The monoisotopic (exact) mass is 416 g/mol. The van der Waals surface area contributed by atoms with E-state index in [9.17, 15) is 14.4 Å². The first-order valence-corrected chi connectivity index (χ1v) is 10.9. The second kappa shape index (κ2) is 11.0. The number of carbonyl (C=O) groups excluding carboxylic acids is 3. The average molecular weight is 417 g/mol. The summed E-state index contributed by atoms with van der Waals surface area (Å²) < 4.78 is 0. The minimum absolute atomic E-state index is 0.00513. The molecule has 2 atom stereocenters. The van der Waals surface area contributed by atoms with Gasteiger partial charge >= 0.3 is 6.03 Å². The first-order chi connectivity index (χ1) is 14.2. The van der Waals surface area contributed by atoms with Crippen LogP contribution in [-0.4, -0.2) is 54.0 Å². The molecule has 30 heavy (non-hydrogen) atoms. The molecule has 0 saturated carbocycles. The molecular formula is C23H36N4O3. The van der Waals surface area contributed by atoms with E-state index in [4.69, 9.17) is 0 Å². The lowest BCUT2D eigenvalue weighted by Crippen LogP contribution is -2.56. The van der Waals surface area contributed by atoms with Gasteiger partial charge in [0.05, 0.1) is 0 Å². The number of piperidine rings is 1. The SMILES string of the molecule is CC(C)NC(=O)N1CCC(C(NC(=O)c2ccccc2)C(=O)NC(C)C(C)C)CC1. The molecule has 1 aromatic rings. The third-order valence-corrected chi connectivity index (χ3v) is 5.69.